The van der Waals surface area contributed by atoms with Gasteiger partial charge >= 0.3 is 0 Å². The van der Waals surface area contributed by atoms with Crippen molar-refractivity contribution in [2.45, 2.75) is 69.6 Å². The van der Waals surface area contributed by atoms with Crippen molar-refractivity contribution >= 4 is 5.91 Å². The molecule has 3 heterocycles. The number of amides is 1. The summed E-state index contributed by atoms with van der Waals surface area (Å²) < 4.78 is 12.4. The normalized spacial score (nSPS) is 34.6. The van der Waals surface area contributed by atoms with E-state index in [0.717, 1.165) is 51.2 Å². The van der Waals surface area contributed by atoms with Gasteiger partial charge in [0.15, 0.2) is 0 Å². The van der Waals surface area contributed by atoms with Gasteiger partial charge in [0, 0.05) is 49.5 Å². The second-order valence-corrected chi connectivity index (χ2v) is 10.4. The third-order valence-corrected chi connectivity index (χ3v) is 8.73. The van der Waals surface area contributed by atoms with Gasteiger partial charge in [-0.15, -0.1) is 0 Å². The highest BCUT2D eigenvalue weighted by Crippen LogP contribution is 2.55. The molecule has 30 heavy (non-hydrogen) atoms. The maximum Gasteiger partial charge on any atom is 0.223 e. The Balaban J connectivity index is 1.15. The van der Waals surface area contributed by atoms with Gasteiger partial charge in [-0.1, -0.05) is 12.5 Å². The van der Waals surface area contributed by atoms with Crippen LogP contribution in [0, 0.1) is 17.8 Å². The zero-order valence-corrected chi connectivity index (χ0v) is 18.1. The average molecular weight is 411 g/mol. The number of nitrogens with zero attached hydrogens (tertiary/aromatic N) is 1. The molecule has 0 unspecified atom stereocenters. The van der Waals surface area contributed by atoms with E-state index in [1.165, 1.54) is 48.8 Å². The molecule has 2 aliphatic carbocycles. The molecule has 162 valence electrons. The Morgan fingerprint density at radius 3 is 2.83 bits per heavy atom. The maximum absolute atomic E-state index is 12.4. The highest BCUT2D eigenvalue weighted by Gasteiger charge is 2.62. The van der Waals surface area contributed by atoms with E-state index in [-0.39, 0.29) is 17.4 Å². The standard InChI is InChI=1S/C25H34N2O3/c1-29-23-11-18-7-3-6-17(18)10-19(23)13-27-14-21-20(12-26-24(28)16-4-2-5-16)22-8-9-25(21,15-27)30-22/h10-11,16,20-22H,2-9,12-15H2,1H3,(H,26,28)/t20-,21+,22+,25+/m0/s1. The molecule has 1 aromatic carbocycles. The molecule has 1 saturated carbocycles. The fourth-order valence-corrected chi connectivity index (χ4v) is 6.92. The zero-order chi connectivity index (χ0) is 20.3. The summed E-state index contributed by atoms with van der Waals surface area (Å²) >= 11 is 0. The minimum absolute atomic E-state index is 0.0144. The van der Waals surface area contributed by atoms with Gasteiger partial charge in [0.25, 0.3) is 0 Å². The summed E-state index contributed by atoms with van der Waals surface area (Å²) in [7, 11) is 1.79. The van der Waals surface area contributed by atoms with Crippen LogP contribution in [-0.4, -0.2) is 49.3 Å². The van der Waals surface area contributed by atoms with E-state index in [9.17, 15) is 4.79 Å². The molecule has 0 radical (unpaired) electrons. The number of benzene rings is 1. The molecule has 6 rings (SSSR count). The van der Waals surface area contributed by atoms with Crippen LogP contribution in [0.4, 0.5) is 0 Å². The molecule has 1 spiro atoms. The van der Waals surface area contributed by atoms with Gasteiger partial charge in [0.2, 0.25) is 5.91 Å². The van der Waals surface area contributed by atoms with Gasteiger partial charge in [-0.05, 0) is 62.1 Å². The van der Waals surface area contributed by atoms with Gasteiger partial charge < -0.3 is 14.8 Å². The van der Waals surface area contributed by atoms with Crippen LogP contribution in [0.15, 0.2) is 12.1 Å². The summed E-state index contributed by atoms with van der Waals surface area (Å²) in [4.78, 5) is 14.9. The van der Waals surface area contributed by atoms with Crippen LogP contribution in [0.2, 0.25) is 0 Å². The Hall–Kier alpha value is -1.59. The Morgan fingerprint density at radius 2 is 2.07 bits per heavy atom. The number of hydrogen-bond acceptors (Lipinski definition) is 4. The summed E-state index contributed by atoms with van der Waals surface area (Å²) in [6.07, 6.45) is 9.66. The predicted octanol–water partition coefficient (Wildman–Crippen LogP) is 3.08. The minimum Gasteiger partial charge on any atom is -0.496 e. The Morgan fingerprint density at radius 1 is 1.23 bits per heavy atom. The van der Waals surface area contributed by atoms with Crippen molar-refractivity contribution in [1.82, 2.24) is 10.2 Å². The first kappa shape index (κ1) is 19.1. The lowest BCUT2D eigenvalue weighted by molar-refractivity contribution is -0.127. The van der Waals surface area contributed by atoms with Crippen molar-refractivity contribution < 1.29 is 14.3 Å². The number of carbonyl (C=O) groups is 1. The van der Waals surface area contributed by atoms with Crippen molar-refractivity contribution in [3.63, 3.8) is 0 Å². The molecule has 1 N–H and O–H groups in total. The lowest BCUT2D eigenvalue weighted by atomic mass is 9.73. The molecule has 3 aliphatic heterocycles. The van der Waals surface area contributed by atoms with Gasteiger partial charge in [-0.3, -0.25) is 9.69 Å². The molecule has 5 aliphatic rings. The molecule has 3 saturated heterocycles. The van der Waals surface area contributed by atoms with E-state index >= 15 is 0 Å². The van der Waals surface area contributed by atoms with Crippen LogP contribution in [0.25, 0.3) is 0 Å². The van der Waals surface area contributed by atoms with E-state index in [2.05, 4.69) is 22.3 Å². The summed E-state index contributed by atoms with van der Waals surface area (Å²) in [6.45, 7) is 3.81. The van der Waals surface area contributed by atoms with Crippen molar-refractivity contribution in [2.75, 3.05) is 26.7 Å². The molecule has 2 bridgehead atoms. The van der Waals surface area contributed by atoms with Crippen LogP contribution < -0.4 is 10.1 Å². The van der Waals surface area contributed by atoms with Crippen molar-refractivity contribution in [3.8, 4) is 5.75 Å². The number of hydrogen-bond donors (Lipinski definition) is 1. The SMILES string of the molecule is COc1cc2c(cc1CN1C[C@@H]3[C@H](CNC(=O)C4CCC4)[C@H]4CC[C@]3(C1)O4)CCC2. The molecule has 5 nitrogen and oxygen atoms in total. The topological polar surface area (TPSA) is 50.8 Å². The predicted molar refractivity (Wildman–Crippen MR) is 114 cm³/mol. The maximum atomic E-state index is 12.4. The molecule has 0 aromatic heterocycles. The fraction of sp³-hybridized carbons (Fsp3) is 0.720. The van der Waals surface area contributed by atoms with E-state index in [4.69, 9.17) is 9.47 Å². The summed E-state index contributed by atoms with van der Waals surface area (Å²) in [6, 6.07) is 4.66. The molecular formula is C25H34N2O3. The minimum atomic E-state index is 0.0144. The molecule has 4 atom stereocenters. The van der Waals surface area contributed by atoms with Gasteiger partial charge in [0.05, 0.1) is 18.8 Å². The molecule has 1 amide bonds. The summed E-state index contributed by atoms with van der Waals surface area (Å²) in [5.74, 6) is 2.59. The number of fused-ring (bicyclic) bond motifs is 2. The quantitative estimate of drug-likeness (QED) is 0.783. The number of likely N-dealkylation sites (tertiary alicyclic amines) is 1. The lowest BCUT2D eigenvalue weighted by Crippen LogP contribution is -2.44. The monoisotopic (exact) mass is 410 g/mol. The second-order valence-electron chi connectivity index (χ2n) is 10.4. The van der Waals surface area contributed by atoms with Gasteiger partial charge in [-0.2, -0.15) is 0 Å². The van der Waals surface area contributed by atoms with E-state index in [1.807, 2.05) is 0 Å². The van der Waals surface area contributed by atoms with Crippen LogP contribution in [0.1, 0.15) is 55.2 Å². The zero-order valence-electron chi connectivity index (χ0n) is 18.1. The molecule has 1 aromatic rings. The smallest absolute Gasteiger partial charge is 0.223 e. The fourth-order valence-electron chi connectivity index (χ4n) is 6.92. The number of ether oxygens (including phenoxy) is 2. The molecule has 4 fully saturated rings. The Kier molecular flexibility index (Phi) is 4.61. The summed E-state index contributed by atoms with van der Waals surface area (Å²) in [5.41, 5.74) is 4.31. The first-order chi connectivity index (χ1) is 14.6. The van der Waals surface area contributed by atoms with Crippen LogP contribution in [0.3, 0.4) is 0 Å². The number of rotatable bonds is 6. The van der Waals surface area contributed by atoms with Gasteiger partial charge in [0.1, 0.15) is 5.75 Å². The molecule has 5 heteroatoms. The Labute approximate surface area is 179 Å². The van der Waals surface area contributed by atoms with E-state index < -0.39 is 0 Å². The average Bonchev–Trinajstić information content (AvgIpc) is 3.44. The summed E-state index contributed by atoms with van der Waals surface area (Å²) in [5, 5.41) is 3.27. The van der Waals surface area contributed by atoms with Crippen molar-refractivity contribution in [1.29, 1.82) is 0 Å². The van der Waals surface area contributed by atoms with E-state index in [1.54, 1.807) is 7.11 Å². The van der Waals surface area contributed by atoms with Gasteiger partial charge in [-0.25, -0.2) is 0 Å². The van der Waals surface area contributed by atoms with Crippen LogP contribution >= 0.6 is 0 Å². The third kappa shape index (κ3) is 3.00. The largest absolute Gasteiger partial charge is 0.496 e. The number of carbonyl (C=O) groups excluding carboxylic acids is 1. The van der Waals surface area contributed by atoms with E-state index in [0.29, 0.717) is 17.9 Å². The van der Waals surface area contributed by atoms with Crippen molar-refractivity contribution in [2.24, 2.45) is 17.8 Å². The second kappa shape index (κ2) is 7.23. The van der Waals surface area contributed by atoms with Crippen LogP contribution in [0.5, 0.6) is 5.75 Å². The lowest BCUT2D eigenvalue weighted by Gasteiger charge is -2.31. The number of methoxy groups -OCH3 is 1. The first-order valence-corrected chi connectivity index (χ1v) is 12.0. The Bertz CT molecular complexity index is 851. The number of nitrogens with one attached hydrogen (secondary N) is 1. The first-order valence-electron chi connectivity index (χ1n) is 12.0. The molecular weight excluding hydrogens is 376 g/mol. The third-order valence-electron chi connectivity index (χ3n) is 8.73. The highest BCUT2D eigenvalue weighted by molar-refractivity contribution is 5.79. The van der Waals surface area contributed by atoms with Crippen LogP contribution in [-0.2, 0) is 28.9 Å². The number of aryl methyl sites for hydroxylation is 2. The highest BCUT2D eigenvalue weighted by atomic mass is 16.5. The van der Waals surface area contributed by atoms with Crippen molar-refractivity contribution in [3.05, 3.63) is 28.8 Å².